The molecular weight excluding hydrogens is 409 g/mol. The van der Waals surface area contributed by atoms with Gasteiger partial charge in [0.25, 0.3) is 11.8 Å². The van der Waals surface area contributed by atoms with Crippen LogP contribution in [0.3, 0.4) is 0 Å². The van der Waals surface area contributed by atoms with E-state index in [0.29, 0.717) is 16.9 Å². The molecule has 3 aromatic carbocycles. The maximum absolute atomic E-state index is 13.5. The number of imide groups is 1. The molecule has 0 aliphatic carbocycles. The van der Waals surface area contributed by atoms with Crippen LogP contribution in [0.4, 0.5) is 21.5 Å². The zero-order valence-electron chi connectivity index (χ0n) is 17.5. The molecular formula is C25H20FN3O3. The summed E-state index contributed by atoms with van der Waals surface area (Å²) in [5, 5.41) is 2.65. The molecule has 0 spiro atoms. The van der Waals surface area contributed by atoms with Crippen molar-refractivity contribution >= 4 is 40.4 Å². The van der Waals surface area contributed by atoms with E-state index in [9.17, 15) is 18.8 Å². The molecule has 7 heteroatoms. The van der Waals surface area contributed by atoms with Crippen LogP contribution in [-0.2, 0) is 14.4 Å². The molecule has 0 atom stereocenters. The van der Waals surface area contributed by atoms with Crippen LogP contribution in [-0.4, -0.2) is 24.8 Å². The summed E-state index contributed by atoms with van der Waals surface area (Å²) in [6.45, 7) is 1.39. The maximum Gasteiger partial charge on any atom is 0.282 e. The number of nitrogens with one attached hydrogen (secondary N) is 1. The fourth-order valence-corrected chi connectivity index (χ4v) is 3.62. The predicted octanol–water partition coefficient (Wildman–Crippen LogP) is 4.21. The molecule has 1 heterocycles. The van der Waals surface area contributed by atoms with Gasteiger partial charge in [0.2, 0.25) is 5.91 Å². The second-order valence-electron chi connectivity index (χ2n) is 7.30. The molecule has 0 saturated carbocycles. The maximum atomic E-state index is 13.5. The van der Waals surface area contributed by atoms with Gasteiger partial charge in [-0.3, -0.25) is 14.4 Å². The van der Waals surface area contributed by atoms with E-state index in [4.69, 9.17) is 0 Å². The normalized spacial score (nSPS) is 13.5. The number of para-hydroxylation sites is 1. The van der Waals surface area contributed by atoms with Gasteiger partial charge in [-0.05, 0) is 54.1 Å². The molecule has 0 saturated heterocycles. The molecule has 4 rings (SSSR count). The Bertz CT molecular complexity index is 1220. The Balaban J connectivity index is 1.79. The van der Waals surface area contributed by atoms with Crippen molar-refractivity contribution in [3.05, 3.63) is 95.9 Å². The van der Waals surface area contributed by atoms with E-state index in [1.165, 1.54) is 31.2 Å². The third-order valence-electron chi connectivity index (χ3n) is 5.12. The highest BCUT2D eigenvalue weighted by atomic mass is 19.1. The number of nitrogens with zero attached hydrogens (tertiary/aromatic N) is 2. The third kappa shape index (κ3) is 3.88. The zero-order chi connectivity index (χ0) is 22.8. The summed E-state index contributed by atoms with van der Waals surface area (Å²) in [7, 11) is 1.71. The number of carbonyl (C=O) groups excluding carboxylic acids is 3. The van der Waals surface area contributed by atoms with Gasteiger partial charge in [-0.2, -0.15) is 0 Å². The lowest BCUT2D eigenvalue weighted by Gasteiger charge is -2.21. The summed E-state index contributed by atoms with van der Waals surface area (Å²) >= 11 is 0. The molecule has 3 amide bonds. The number of amides is 3. The average molecular weight is 429 g/mol. The summed E-state index contributed by atoms with van der Waals surface area (Å²) in [4.78, 5) is 41.0. The van der Waals surface area contributed by atoms with Crippen molar-refractivity contribution in [2.24, 2.45) is 0 Å². The fraction of sp³-hybridized carbons (Fsp3) is 0.0800. The number of anilines is 3. The lowest BCUT2D eigenvalue weighted by atomic mass is 10.0. The molecule has 0 bridgehead atoms. The first kappa shape index (κ1) is 21.0. The first-order chi connectivity index (χ1) is 15.4. The molecule has 1 aliphatic rings. The van der Waals surface area contributed by atoms with Gasteiger partial charge in [0.1, 0.15) is 11.5 Å². The van der Waals surface area contributed by atoms with E-state index in [2.05, 4.69) is 5.32 Å². The fourth-order valence-electron chi connectivity index (χ4n) is 3.62. The molecule has 1 N–H and O–H groups in total. The van der Waals surface area contributed by atoms with Crippen molar-refractivity contribution in [3.63, 3.8) is 0 Å². The third-order valence-corrected chi connectivity index (χ3v) is 5.12. The first-order valence-electron chi connectivity index (χ1n) is 9.92. The SMILES string of the molecule is CC(=O)Nc1ccc(N2C(=O)C(c3ccc(F)cc3)=C(N(C)c3ccccc3)C2=O)cc1. The van der Waals surface area contributed by atoms with Crippen LogP contribution < -0.4 is 15.1 Å². The van der Waals surface area contributed by atoms with Gasteiger partial charge in [0.05, 0.1) is 11.3 Å². The van der Waals surface area contributed by atoms with Crippen LogP contribution >= 0.6 is 0 Å². The van der Waals surface area contributed by atoms with Crippen LogP contribution in [0.25, 0.3) is 5.57 Å². The first-order valence-corrected chi connectivity index (χ1v) is 9.92. The van der Waals surface area contributed by atoms with E-state index in [-0.39, 0.29) is 17.2 Å². The molecule has 1 aliphatic heterocycles. The van der Waals surface area contributed by atoms with Crippen LogP contribution in [0.15, 0.2) is 84.6 Å². The van der Waals surface area contributed by atoms with Crippen LogP contribution in [0.5, 0.6) is 0 Å². The van der Waals surface area contributed by atoms with E-state index in [0.717, 1.165) is 10.6 Å². The van der Waals surface area contributed by atoms with Crippen molar-refractivity contribution in [3.8, 4) is 0 Å². The van der Waals surface area contributed by atoms with Crippen LogP contribution in [0, 0.1) is 5.82 Å². The lowest BCUT2D eigenvalue weighted by Crippen LogP contribution is -2.34. The van der Waals surface area contributed by atoms with E-state index >= 15 is 0 Å². The second-order valence-corrected chi connectivity index (χ2v) is 7.30. The number of carbonyl (C=O) groups is 3. The van der Waals surface area contributed by atoms with Crippen LogP contribution in [0.2, 0.25) is 0 Å². The summed E-state index contributed by atoms with van der Waals surface area (Å²) in [5.74, 6) is -1.66. The summed E-state index contributed by atoms with van der Waals surface area (Å²) in [6.07, 6.45) is 0. The highest BCUT2D eigenvalue weighted by Gasteiger charge is 2.42. The van der Waals surface area contributed by atoms with Gasteiger partial charge in [-0.1, -0.05) is 30.3 Å². The average Bonchev–Trinajstić information content (AvgIpc) is 3.05. The van der Waals surface area contributed by atoms with Crippen LogP contribution in [0.1, 0.15) is 12.5 Å². The molecule has 0 fully saturated rings. The largest absolute Gasteiger partial charge is 0.339 e. The molecule has 160 valence electrons. The standard InChI is InChI=1S/C25H20FN3O3/c1-16(30)27-19-12-14-21(15-13-19)29-24(31)22(17-8-10-18(26)11-9-17)23(25(29)32)28(2)20-6-4-3-5-7-20/h3-15H,1-2H3,(H,27,30). The topological polar surface area (TPSA) is 69.7 Å². The number of likely N-dealkylation sites (N-methyl/N-ethyl adjacent to an activating group) is 1. The highest BCUT2D eigenvalue weighted by molar-refractivity contribution is 6.46. The minimum Gasteiger partial charge on any atom is -0.339 e. The Morgan fingerprint density at radius 1 is 0.875 bits per heavy atom. The number of hydrogen-bond acceptors (Lipinski definition) is 4. The Labute approximate surface area is 184 Å². The number of hydrogen-bond donors (Lipinski definition) is 1. The number of benzene rings is 3. The highest BCUT2D eigenvalue weighted by Crippen LogP contribution is 2.36. The summed E-state index contributed by atoms with van der Waals surface area (Å²) in [5.41, 5.74) is 2.47. The molecule has 6 nitrogen and oxygen atoms in total. The van der Waals surface area contributed by atoms with Crippen molar-refractivity contribution in [2.75, 3.05) is 22.2 Å². The molecule has 3 aromatic rings. The van der Waals surface area contributed by atoms with Gasteiger partial charge < -0.3 is 10.2 Å². The molecule has 0 radical (unpaired) electrons. The van der Waals surface area contributed by atoms with Gasteiger partial charge in [0, 0.05) is 25.3 Å². The van der Waals surface area contributed by atoms with Gasteiger partial charge in [0.15, 0.2) is 0 Å². The van der Waals surface area contributed by atoms with E-state index in [1.54, 1.807) is 36.2 Å². The zero-order valence-corrected chi connectivity index (χ0v) is 17.5. The Hall–Kier alpha value is -4.26. The van der Waals surface area contributed by atoms with Crippen molar-refractivity contribution < 1.29 is 18.8 Å². The van der Waals surface area contributed by atoms with E-state index in [1.807, 2.05) is 30.3 Å². The van der Waals surface area contributed by atoms with Crippen molar-refractivity contribution in [1.82, 2.24) is 0 Å². The summed E-state index contributed by atoms with van der Waals surface area (Å²) in [6, 6.07) is 21.1. The molecule has 0 unspecified atom stereocenters. The van der Waals surface area contributed by atoms with Crippen molar-refractivity contribution in [1.29, 1.82) is 0 Å². The van der Waals surface area contributed by atoms with Gasteiger partial charge >= 0.3 is 0 Å². The molecule has 32 heavy (non-hydrogen) atoms. The molecule has 0 aromatic heterocycles. The van der Waals surface area contributed by atoms with Gasteiger partial charge in [-0.25, -0.2) is 9.29 Å². The van der Waals surface area contributed by atoms with Crippen molar-refractivity contribution in [2.45, 2.75) is 6.92 Å². The Morgan fingerprint density at radius 2 is 1.50 bits per heavy atom. The quantitative estimate of drug-likeness (QED) is 0.617. The predicted molar refractivity (Wildman–Crippen MR) is 121 cm³/mol. The second kappa shape index (κ2) is 8.47. The minimum absolute atomic E-state index is 0.187. The Morgan fingerprint density at radius 3 is 2.09 bits per heavy atom. The van der Waals surface area contributed by atoms with E-state index < -0.39 is 17.6 Å². The minimum atomic E-state index is -0.508. The smallest absolute Gasteiger partial charge is 0.282 e. The lowest BCUT2D eigenvalue weighted by molar-refractivity contribution is -0.120. The summed E-state index contributed by atoms with van der Waals surface area (Å²) < 4.78 is 13.5. The monoisotopic (exact) mass is 429 g/mol. The Kier molecular flexibility index (Phi) is 5.55. The number of halogens is 1. The van der Waals surface area contributed by atoms with Gasteiger partial charge in [-0.15, -0.1) is 0 Å². The number of rotatable bonds is 5.